The van der Waals surface area contributed by atoms with Crippen molar-refractivity contribution < 1.29 is 22.7 Å². The van der Waals surface area contributed by atoms with Gasteiger partial charge in [-0.15, -0.1) is 0 Å². The molecular formula is C23H25N3O5S. The van der Waals surface area contributed by atoms with Gasteiger partial charge in [0.05, 0.1) is 24.6 Å². The highest BCUT2D eigenvalue weighted by Crippen LogP contribution is 2.29. The molecule has 32 heavy (non-hydrogen) atoms. The largest absolute Gasteiger partial charge is 0.493 e. The van der Waals surface area contributed by atoms with Gasteiger partial charge in [-0.25, -0.2) is 8.42 Å². The van der Waals surface area contributed by atoms with Crippen LogP contribution < -0.4 is 9.47 Å². The molecule has 9 heteroatoms. The predicted molar refractivity (Wildman–Crippen MR) is 121 cm³/mol. The number of aryl methyl sites for hydroxylation is 1. The number of fused-ring (bicyclic) bond motifs is 1. The monoisotopic (exact) mass is 455 g/mol. The molecule has 0 bridgehead atoms. The number of carbonyl (C=O) groups is 1. The Hall–Kier alpha value is -3.17. The lowest BCUT2D eigenvalue weighted by Gasteiger charge is -2.34. The fraction of sp³-hybridized carbons (Fsp3) is 0.304. The quantitative estimate of drug-likeness (QED) is 0.588. The molecule has 0 aliphatic carbocycles. The van der Waals surface area contributed by atoms with E-state index in [0.29, 0.717) is 41.1 Å². The number of pyridine rings is 1. The number of aromatic nitrogens is 1. The van der Waals surface area contributed by atoms with Crippen molar-refractivity contribution in [3.8, 4) is 11.5 Å². The number of hydrogen-bond acceptors (Lipinski definition) is 6. The first-order chi connectivity index (χ1) is 15.4. The topological polar surface area (TPSA) is 89.0 Å². The summed E-state index contributed by atoms with van der Waals surface area (Å²) in [6, 6.07) is 11.9. The molecular weight excluding hydrogens is 430 g/mol. The SMILES string of the molecule is COc1ccc(C(=O)N2CCN(S(=O)(=O)c3ccc(C)c4ncccc34)CC2)cc1OC. The second kappa shape index (κ2) is 8.76. The van der Waals surface area contributed by atoms with Gasteiger partial charge in [-0.2, -0.15) is 4.31 Å². The molecule has 168 valence electrons. The van der Waals surface area contributed by atoms with E-state index in [1.165, 1.54) is 18.5 Å². The van der Waals surface area contributed by atoms with E-state index in [1.807, 2.05) is 6.92 Å². The zero-order valence-corrected chi connectivity index (χ0v) is 19.1. The van der Waals surface area contributed by atoms with E-state index in [4.69, 9.17) is 9.47 Å². The van der Waals surface area contributed by atoms with Crippen LogP contribution in [0.4, 0.5) is 0 Å². The van der Waals surface area contributed by atoms with Crippen molar-refractivity contribution >= 4 is 26.8 Å². The van der Waals surface area contributed by atoms with Gasteiger partial charge in [-0.05, 0) is 48.9 Å². The van der Waals surface area contributed by atoms with Crippen molar-refractivity contribution in [3.63, 3.8) is 0 Å². The van der Waals surface area contributed by atoms with Crippen LogP contribution in [0.3, 0.4) is 0 Å². The molecule has 1 aromatic heterocycles. The first-order valence-electron chi connectivity index (χ1n) is 10.2. The van der Waals surface area contributed by atoms with E-state index < -0.39 is 10.0 Å². The summed E-state index contributed by atoms with van der Waals surface area (Å²) < 4.78 is 38.7. The van der Waals surface area contributed by atoms with Gasteiger partial charge in [0.2, 0.25) is 10.0 Å². The lowest BCUT2D eigenvalue weighted by molar-refractivity contribution is 0.0697. The smallest absolute Gasteiger partial charge is 0.254 e. The minimum atomic E-state index is -3.72. The fourth-order valence-corrected chi connectivity index (χ4v) is 5.54. The van der Waals surface area contributed by atoms with Crippen LogP contribution in [0.5, 0.6) is 11.5 Å². The maximum atomic E-state index is 13.4. The van der Waals surface area contributed by atoms with E-state index in [1.54, 1.807) is 53.6 Å². The molecule has 2 aromatic carbocycles. The van der Waals surface area contributed by atoms with Crippen LogP contribution >= 0.6 is 0 Å². The third-order valence-electron chi connectivity index (χ3n) is 5.71. The average Bonchev–Trinajstić information content (AvgIpc) is 2.83. The van der Waals surface area contributed by atoms with Crippen LogP contribution in [-0.2, 0) is 10.0 Å². The van der Waals surface area contributed by atoms with Gasteiger partial charge in [-0.1, -0.05) is 6.07 Å². The molecule has 0 spiro atoms. The Morgan fingerprint density at radius 2 is 1.69 bits per heavy atom. The molecule has 1 amide bonds. The predicted octanol–water partition coefficient (Wildman–Crippen LogP) is 2.71. The van der Waals surface area contributed by atoms with Crippen LogP contribution in [0.1, 0.15) is 15.9 Å². The summed E-state index contributed by atoms with van der Waals surface area (Å²) in [7, 11) is -0.672. The van der Waals surface area contributed by atoms with E-state index in [2.05, 4.69) is 4.98 Å². The molecule has 1 fully saturated rings. The van der Waals surface area contributed by atoms with Crippen molar-refractivity contribution in [2.24, 2.45) is 0 Å². The summed E-state index contributed by atoms with van der Waals surface area (Å²) in [4.78, 5) is 19.2. The Balaban J connectivity index is 1.53. The van der Waals surface area contributed by atoms with Crippen molar-refractivity contribution in [1.82, 2.24) is 14.2 Å². The molecule has 0 N–H and O–H groups in total. The van der Waals surface area contributed by atoms with Gasteiger partial charge < -0.3 is 14.4 Å². The Labute approximate surface area is 187 Å². The van der Waals surface area contributed by atoms with Crippen molar-refractivity contribution in [3.05, 3.63) is 59.8 Å². The van der Waals surface area contributed by atoms with E-state index in [-0.39, 0.29) is 23.9 Å². The highest BCUT2D eigenvalue weighted by Gasteiger charge is 2.32. The van der Waals surface area contributed by atoms with E-state index >= 15 is 0 Å². The van der Waals surface area contributed by atoms with Crippen molar-refractivity contribution in [1.29, 1.82) is 0 Å². The molecule has 2 heterocycles. The number of rotatable bonds is 5. The number of methoxy groups -OCH3 is 2. The number of piperazine rings is 1. The second-order valence-corrected chi connectivity index (χ2v) is 9.45. The van der Waals surface area contributed by atoms with Gasteiger partial charge in [0, 0.05) is 43.3 Å². The Morgan fingerprint density at radius 1 is 0.969 bits per heavy atom. The van der Waals surface area contributed by atoms with Gasteiger partial charge in [0.1, 0.15) is 0 Å². The van der Waals surface area contributed by atoms with Crippen LogP contribution in [0.25, 0.3) is 10.9 Å². The Kier molecular flexibility index (Phi) is 6.03. The van der Waals surface area contributed by atoms with E-state index in [9.17, 15) is 13.2 Å². The lowest BCUT2D eigenvalue weighted by atomic mass is 10.1. The highest BCUT2D eigenvalue weighted by molar-refractivity contribution is 7.89. The molecule has 4 rings (SSSR count). The lowest BCUT2D eigenvalue weighted by Crippen LogP contribution is -2.50. The molecule has 0 atom stereocenters. The minimum Gasteiger partial charge on any atom is -0.493 e. The molecule has 0 unspecified atom stereocenters. The summed E-state index contributed by atoms with van der Waals surface area (Å²) in [6.45, 7) is 2.95. The highest BCUT2D eigenvalue weighted by atomic mass is 32.2. The summed E-state index contributed by atoms with van der Waals surface area (Å²) in [5.41, 5.74) is 2.07. The number of carbonyl (C=O) groups excluding carboxylic acids is 1. The first-order valence-corrected chi connectivity index (χ1v) is 11.7. The van der Waals surface area contributed by atoms with Crippen LogP contribution in [0, 0.1) is 6.92 Å². The molecule has 1 aliphatic heterocycles. The minimum absolute atomic E-state index is 0.173. The summed E-state index contributed by atoms with van der Waals surface area (Å²) in [5, 5.41) is 0.608. The van der Waals surface area contributed by atoms with Gasteiger partial charge in [0.15, 0.2) is 11.5 Å². The molecule has 0 saturated carbocycles. The van der Waals surface area contributed by atoms with Gasteiger partial charge >= 0.3 is 0 Å². The molecule has 8 nitrogen and oxygen atoms in total. The van der Waals surface area contributed by atoms with Crippen molar-refractivity contribution in [2.45, 2.75) is 11.8 Å². The third kappa shape index (κ3) is 3.89. The van der Waals surface area contributed by atoms with Crippen LogP contribution in [0.15, 0.2) is 53.6 Å². The molecule has 1 saturated heterocycles. The zero-order chi connectivity index (χ0) is 22.9. The summed E-state index contributed by atoms with van der Waals surface area (Å²) in [5.74, 6) is 0.840. The normalized spacial score (nSPS) is 15.0. The maximum absolute atomic E-state index is 13.4. The third-order valence-corrected chi connectivity index (χ3v) is 7.66. The van der Waals surface area contributed by atoms with Crippen LogP contribution in [-0.4, -0.2) is 68.9 Å². The zero-order valence-electron chi connectivity index (χ0n) is 18.2. The number of benzene rings is 2. The fourth-order valence-electron chi connectivity index (χ4n) is 3.94. The maximum Gasteiger partial charge on any atom is 0.254 e. The molecule has 0 radical (unpaired) electrons. The first kappa shape index (κ1) is 22.0. The Morgan fingerprint density at radius 3 is 2.38 bits per heavy atom. The van der Waals surface area contributed by atoms with Gasteiger partial charge in [0.25, 0.3) is 5.91 Å². The number of ether oxygens (including phenoxy) is 2. The van der Waals surface area contributed by atoms with E-state index in [0.717, 1.165) is 5.56 Å². The van der Waals surface area contributed by atoms with Crippen molar-refractivity contribution in [2.75, 3.05) is 40.4 Å². The Bertz CT molecular complexity index is 1270. The molecule has 1 aliphatic rings. The number of sulfonamides is 1. The summed E-state index contributed by atoms with van der Waals surface area (Å²) >= 11 is 0. The second-order valence-electron chi connectivity index (χ2n) is 7.55. The summed E-state index contributed by atoms with van der Waals surface area (Å²) in [6.07, 6.45) is 1.66. The number of amides is 1. The van der Waals surface area contributed by atoms with Gasteiger partial charge in [-0.3, -0.25) is 9.78 Å². The average molecular weight is 456 g/mol. The molecule has 3 aromatic rings. The number of nitrogens with zero attached hydrogens (tertiary/aromatic N) is 3. The number of hydrogen-bond donors (Lipinski definition) is 0. The standard InChI is InChI=1S/C23H25N3O5S/c1-16-6-9-21(18-5-4-10-24-22(16)18)32(28,29)26-13-11-25(12-14-26)23(27)17-7-8-19(30-2)20(15-17)31-3/h4-10,15H,11-14H2,1-3H3. The van der Waals surface area contributed by atoms with Crippen LogP contribution in [0.2, 0.25) is 0 Å².